The molecule has 0 aromatic heterocycles. The fraction of sp³-hybridized carbons (Fsp3) is 0.286. The Bertz CT molecular complexity index is 1470. The van der Waals surface area contributed by atoms with Crippen molar-refractivity contribution >= 4 is 27.6 Å². The number of anilines is 1. The summed E-state index contributed by atoms with van der Waals surface area (Å²) in [5.41, 5.74) is 3.36. The first kappa shape index (κ1) is 27.0. The minimum Gasteiger partial charge on any atom is -0.493 e. The average Bonchev–Trinajstić information content (AvgIpc) is 3.23. The predicted molar refractivity (Wildman–Crippen MR) is 143 cm³/mol. The third kappa shape index (κ3) is 5.17. The van der Waals surface area contributed by atoms with Crippen molar-refractivity contribution in [2.24, 2.45) is 5.92 Å². The Kier molecular flexibility index (Phi) is 7.63. The Balaban J connectivity index is 1.54. The maximum Gasteiger partial charge on any atom is 0.328 e. The van der Waals surface area contributed by atoms with Crippen LogP contribution in [-0.2, 0) is 26.1 Å². The van der Waals surface area contributed by atoms with E-state index in [2.05, 4.69) is 4.72 Å². The van der Waals surface area contributed by atoms with Crippen LogP contribution < -0.4 is 14.2 Å². The summed E-state index contributed by atoms with van der Waals surface area (Å²) in [6, 6.07) is 16.1. The van der Waals surface area contributed by atoms with Gasteiger partial charge in [0.15, 0.2) is 11.5 Å². The van der Waals surface area contributed by atoms with Crippen molar-refractivity contribution in [3.05, 3.63) is 71.8 Å². The molecule has 0 unspecified atom stereocenters. The first-order valence-corrected chi connectivity index (χ1v) is 13.4. The molecule has 0 saturated heterocycles. The second-order valence-electron chi connectivity index (χ2n) is 9.22. The SMILES string of the molecule is COC(=O)[C@H](C(C)C)N1Cc2ccc(-c3ccc(NS(=O)(=O)c4ccc(OC)c(OC)c4)cc3)cc2C1=O. The molecule has 0 aliphatic carbocycles. The van der Waals surface area contributed by atoms with Gasteiger partial charge in [-0.3, -0.25) is 9.52 Å². The number of nitrogens with zero attached hydrogens (tertiary/aromatic N) is 1. The smallest absolute Gasteiger partial charge is 0.328 e. The lowest BCUT2D eigenvalue weighted by Crippen LogP contribution is -2.45. The van der Waals surface area contributed by atoms with E-state index in [4.69, 9.17) is 14.2 Å². The molecule has 0 spiro atoms. The van der Waals surface area contributed by atoms with Crippen molar-refractivity contribution in [3.63, 3.8) is 0 Å². The molecule has 10 heteroatoms. The van der Waals surface area contributed by atoms with Crippen LogP contribution in [0.15, 0.2) is 65.6 Å². The highest BCUT2D eigenvalue weighted by atomic mass is 32.2. The second-order valence-corrected chi connectivity index (χ2v) is 10.9. The maximum atomic E-state index is 13.2. The van der Waals surface area contributed by atoms with Crippen LogP contribution in [0.25, 0.3) is 11.1 Å². The van der Waals surface area contributed by atoms with Crippen LogP contribution >= 0.6 is 0 Å². The third-order valence-corrected chi connectivity index (χ3v) is 7.87. The highest BCUT2D eigenvalue weighted by Gasteiger charge is 2.38. The molecule has 0 saturated carbocycles. The summed E-state index contributed by atoms with van der Waals surface area (Å²) in [6.45, 7) is 4.09. The Morgan fingerprint density at radius 3 is 2.16 bits per heavy atom. The lowest BCUT2D eigenvalue weighted by molar-refractivity contribution is -0.147. The molecule has 1 heterocycles. The summed E-state index contributed by atoms with van der Waals surface area (Å²) in [4.78, 5) is 27.1. The van der Waals surface area contributed by atoms with Gasteiger partial charge in [-0.05, 0) is 52.9 Å². The molecule has 1 N–H and O–H groups in total. The number of carbonyl (C=O) groups excluding carboxylic acids is 2. The Morgan fingerprint density at radius 1 is 0.895 bits per heavy atom. The maximum absolute atomic E-state index is 13.2. The number of sulfonamides is 1. The fourth-order valence-electron chi connectivity index (χ4n) is 4.54. The lowest BCUT2D eigenvalue weighted by atomic mass is 10.0. The normalized spacial score (nSPS) is 13.7. The second kappa shape index (κ2) is 10.7. The van der Waals surface area contributed by atoms with Gasteiger partial charge in [-0.25, -0.2) is 13.2 Å². The van der Waals surface area contributed by atoms with E-state index in [0.717, 1.165) is 16.7 Å². The molecule has 1 aliphatic heterocycles. The standard InChI is InChI=1S/C28H30N2O7S/c1-17(2)26(28(32)37-5)30-16-20-7-6-19(14-23(20)27(30)31)18-8-10-21(11-9-18)29-38(33,34)22-12-13-24(35-3)25(15-22)36-4/h6-15,17,26,29H,16H2,1-5H3/t26-/m0/s1. The van der Waals surface area contributed by atoms with E-state index < -0.39 is 22.0 Å². The van der Waals surface area contributed by atoms with Gasteiger partial charge in [0.25, 0.3) is 15.9 Å². The molecule has 1 amide bonds. The summed E-state index contributed by atoms with van der Waals surface area (Å²) in [5, 5.41) is 0. The Morgan fingerprint density at radius 2 is 1.55 bits per heavy atom. The molecule has 1 atom stereocenters. The largest absolute Gasteiger partial charge is 0.493 e. The molecule has 3 aromatic carbocycles. The van der Waals surface area contributed by atoms with Crippen LogP contribution in [0.3, 0.4) is 0 Å². The van der Waals surface area contributed by atoms with Gasteiger partial charge in [0, 0.05) is 23.9 Å². The summed E-state index contributed by atoms with van der Waals surface area (Å²) in [6.07, 6.45) is 0. The van der Waals surface area contributed by atoms with Crippen LogP contribution in [0.1, 0.15) is 29.8 Å². The number of fused-ring (bicyclic) bond motifs is 1. The highest BCUT2D eigenvalue weighted by Crippen LogP contribution is 2.33. The van der Waals surface area contributed by atoms with Gasteiger partial charge in [0.2, 0.25) is 0 Å². The van der Waals surface area contributed by atoms with Crippen molar-refractivity contribution in [1.29, 1.82) is 0 Å². The zero-order valence-corrected chi connectivity index (χ0v) is 22.7. The zero-order valence-electron chi connectivity index (χ0n) is 21.8. The fourth-order valence-corrected chi connectivity index (χ4v) is 5.61. The number of carbonyl (C=O) groups is 2. The highest BCUT2D eigenvalue weighted by molar-refractivity contribution is 7.92. The number of benzene rings is 3. The quantitative estimate of drug-likeness (QED) is 0.404. The minimum atomic E-state index is -3.87. The molecule has 0 radical (unpaired) electrons. The van der Waals surface area contributed by atoms with E-state index in [0.29, 0.717) is 29.3 Å². The van der Waals surface area contributed by atoms with Gasteiger partial charge in [0.1, 0.15) is 6.04 Å². The summed E-state index contributed by atoms with van der Waals surface area (Å²) in [5.74, 6) is -0.0215. The monoisotopic (exact) mass is 538 g/mol. The van der Waals surface area contributed by atoms with E-state index >= 15 is 0 Å². The number of amides is 1. The Hall–Kier alpha value is -4.05. The Labute approximate surface area is 222 Å². The average molecular weight is 539 g/mol. The first-order chi connectivity index (χ1) is 18.1. The van der Waals surface area contributed by atoms with Gasteiger partial charge >= 0.3 is 5.97 Å². The van der Waals surface area contributed by atoms with E-state index in [-0.39, 0.29) is 16.7 Å². The molecule has 3 aromatic rings. The number of methoxy groups -OCH3 is 3. The molecular weight excluding hydrogens is 508 g/mol. The summed E-state index contributed by atoms with van der Waals surface area (Å²) in [7, 11) is 0.365. The van der Waals surface area contributed by atoms with Crippen LogP contribution in [0, 0.1) is 5.92 Å². The summed E-state index contributed by atoms with van der Waals surface area (Å²) < 4.78 is 43.7. The number of hydrogen-bond donors (Lipinski definition) is 1. The zero-order chi connectivity index (χ0) is 27.6. The van der Waals surface area contributed by atoms with E-state index in [9.17, 15) is 18.0 Å². The number of rotatable bonds is 9. The van der Waals surface area contributed by atoms with Crippen molar-refractivity contribution in [1.82, 2.24) is 4.90 Å². The van der Waals surface area contributed by atoms with Gasteiger partial charge in [0.05, 0.1) is 26.2 Å². The molecule has 0 fully saturated rings. The van der Waals surface area contributed by atoms with Crippen LogP contribution in [-0.4, -0.2) is 52.6 Å². The predicted octanol–water partition coefficient (Wildman–Crippen LogP) is 4.33. The number of esters is 1. The van der Waals surface area contributed by atoms with Gasteiger partial charge < -0.3 is 19.1 Å². The molecular formula is C28H30N2O7S. The van der Waals surface area contributed by atoms with Crippen LogP contribution in [0.2, 0.25) is 0 Å². The third-order valence-electron chi connectivity index (χ3n) is 6.49. The molecule has 9 nitrogen and oxygen atoms in total. The van der Waals surface area contributed by atoms with E-state index in [1.54, 1.807) is 35.2 Å². The topological polar surface area (TPSA) is 111 Å². The van der Waals surface area contributed by atoms with Gasteiger partial charge in [-0.2, -0.15) is 0 Å². The van der Waals surface area contributed by atoms with Gasteiger partial charge in [-0.1, -0.05) is 38.1 Å². The van der Waals surface area contributed by atoms with Crippen LogP contribution in [0.5, 0.6) is 11.5 Å². The van der Waals surface area contributed by atoms with E-state index in [1.807, 2.05) is 26.0 Å². The van der Waals surface area contributed by atoms with Gasteiger partial charge in [-0.15, -0.1) is 0 Å². The molecule has 38 heavy (non-hydrogen) atoms. The minimum absolute atomic E-state index is 0.0348. The summed E-state index contributed by atoms with van der Waals surface area (Å²) >= 11 is 0. The lowest BCUT2D eigenvalue weighted by Gasteiger charge is -2.28. The van der Waals surface area contributed by atoms with E-state index in [1.165, 1.54) is 39.5 Å². The van der Waals surface area contributed by atoms with Crippen molar-refractivity contribution in [2.75, 3.05) is 26.1 Å². The first-order valence-electron chi connectivity index (χ1n) is 12.0. The molecule has 1 aliphatic rings. The van der Waals surface area contributed by atoms with Crippen LogP contribution in [0.4, 0.5) is 5.69 Å². The number of hydrogen-bond acceptors (Lipinski definition) is 7. The molecule has 0 bridgehead atoms. The molecule has 4 rings (SSSR count). The number of nitrogens with one attached hydrogen (secondary N) is 1. The molecule has 200 valence electrons. The van der Waals surface area contributed by atoms with Crippen molar-refractivity contribution in [3.8, 4) is 22.6 Å². The number of ether oxygens (including phenoxy) is 3. The van der Waals surface area contributed by atoms with Crippen molar-refractivity contribution in [2.45, 2.75) is 31.3 Å². The van der Waals surface area contributed by atoms with Crippen molar-refractivity contribution < 1.29 is 32.2 Å².